The monoisotopic (exact) mass is 366 g/mol. The minimum absolute atomic E-state index is 0.412. The van der Waals surface area contributed by atoms with Crippen LogP contribution in [0.5, 0.6) is 0 Å². The summed E-state index contributed by atoms with van der Waals surface area (Å²) in [5, 5.41) is 0.779. The Kier molecular flexibility index (Phi) is 7.11. The predicted octanol–water partition coefficient (Wildman–Crippen LogP) is 7.18. The number of ether oxygens (including phenoxy) is 1. The molecule has 1 saturated carbocycles. The van der Waals surface area contributed by atoms with Crippen molar-refractivity contribution >= 4 is 11.6 Å². The van der Waals surface area contributed by atoms with Gasteiger partial charge < -0.3 is 4.74 Å². The molecule has 2 aromatic rings. The molecule has 26 heavy (non-hydrogen) atoms. The lowest BCUT2D eigenvalue weighted by Gasteiger charge is -2.28. The third kappa shape index (κ3) is 5.33. The number of rotatable bonds is 6. The van der Waals surface area contributed by atoms with E-state index in [9.17, 15) is 0 Å². The molecule has 2 aromatic carbocycles. The second-order valence-electron chi connectivity index (χ2n) is 6.89. The lowest BCUT2D eigenvalue weighted by Crippen LogP contribution is -2.20. The fourth-order valence-electron chi connectivity index (χ4n) is 3.59. The van der Waals surface area contributed by atoms with Crippen LogP contribution < -0.4 is 0 Å². The topological polar surface area (TPSA) is 9.23 Å². The van der Waals surface area contributed by atoms with Gasteiger partial charge in [0, 0.05) is 5.02 Å². The highest BCUT2D eigenvalue weighted by molar-refractivity contribution is 6.30. The highest BCUT2D eigenvalue weighted by Crippen LogP contribution is 2.35. The van der Waals surface area contributed by atoms with Crippen molar-refractivity contribution in [2.75, 3.05) is 6.61 Å². The van der Waals surface area contributed by atoms with Crippen molar-refractivity contribution in [1.29, 1.82) is 0 Å². The number of hydrogen-bond donors (Lipinski definition) is 0. The van der Waals surface area contributed by atoms with Crippen molar-refractivity contribution in [2.24, 2.45) is 0 Å². The Morgan fingerprint density at radius 1 is 0.885 bits per heavy atom. The minimum Gasteiger partial charge on any atom is -0.374 e. The summed E-state index contributed by atoms with van der Waals surface area (Å²) in [7, 11) is 0. The Bertz CT molecular complexity index is 720. The van der Waals surface area contributed by atoms with E-state index in [1.165, 1.54) is 29.5 Å². The van der Waals surface area contributed by atoms with E-state index in [1.54, 1.807) is 0 Å². The summed E-state index contributed by atoms with van der Waals surface area (Å²) in [5.41, 5.74) is 3.91. The molecule has 0 radical (unpaired) electrons. The summed E-state index contributed by atoms with van der Waals surface area (Å²) in [5.74, 6) is 0.660. The molecule has 0 amide bonds. The van der Waals surface area contributed by atoms with E-state index in [-0.39, 0.29) is 0 Å². The van der Waals surface area contributed by atoms with Gasteiger partial charge in [0.15, 0.2) is 0 Å². The van der Waals surface area contributed by atoms with Crippen LogP contribution >= 0.6 is 11.6 Å². The van der Waals surface area contributed by atoms with Gasteiger partial charge in [-0.2, -0.15) is 0 Å². The number of hydrogen-bond acceptors (Lipinski definition) is 1. The van der Waals surface area contributed by atoms with Gasteiger partial charge in [0.25, 0.3) is 0 Å². The summed E-state index contributed by atoms with van der Waals surface area (Å²) in [6.45, 7) is 2.74. The molecule has 0 spiro atoms. The molecule has 0 atom stereocenters. The first-order valence-electron chi connectivity index (χ1n) is 9.51. The van der Waals surface area contributed by atoms with E-state index in [2.05, 4.69) is 42.5 Å². The van der Waals surface area contributed by atoms with Gasteiger partial charge in [-0.15, -0.1) is 0 Å². The van der Waals surface area contributed by atoms with Gasteiger partial charge in [0.1, 0.15) is 0 Å². The lowest BCUT2D eigenvalue weighted by atomic mass is 9.82. The zero-order chi connectivity index (χ0) is 18.2. The second-order valence-corrected chi connectivity index (χ2v) is 7.33. The Labute approximate surface area is 162 Å². The Morgan fingerprint density at radius 2 is 1.50 bits per heavy atom. The fourth-order valence-corrected chi connectivity index (χ4v) is 3.72. The van der Waals surface area contributed by atoms with Crippen LogP contribution in [0.4, 0.5) is 0 Å². The van der Waals surface area contributed by atoms with E-state index in [0.717, 1.165) is 24.5 Å². The third-order valence-corrected chi connectivity index (χ3v) is 5.35. The van der Waals surface area contributed by atoms with Crippen LogP contribution in [0, 0.1) is 0 Å². The van der Waals surface area contributed by atoms with E-state index < -0.39 is 0 Å². The maximum atomic E-state index is 5.97. The molecular formula is C24H27ClO. The van der Waals surface area contributed by atoms with Crippen molar-refractivity contribution < 1.29 is 4.74 Å². The summed E-state index contributed by atoms with van der Waals surface area (Å²) in [6.07, 6.45) is 13.3. The van der Waals surface area contributed by atoms with Crippen LogP contribution in [0.15, 0.2) is 72.8 Å². The van der Waals surface area contributed by atoms with E-state index >= 15 is 0 Å². The van der Waals surface area contributed by atoms with Gasteiger partial charge in [-0.3, -0.25) is 0 Å². The molecule has 0 heterocycles. The molecule has 2 heteroatoms. The maximum absolute atomic E-state index is 5.97. The Balaban J connectivity index is 1.51. The average molecular weight is 367 g/mol. The SMILES string of the molecule is C/C=C/C=C/COC1CCC(c2ccc(-c3ccc(Cl)cc3)cc2)CC1. The van der Waals surface area contributed by atoms with E-state index in [4.69, 9.17) is 16.3 Å². The van der Waals surface area contributed by atoms with Crippen LogP contribution in [0.2, 0.25) is 5.02 Å². The highest BCUT2D eigenvalue weighted by Gasteiger charge is 2.22. The average Bonchev–Trinajstić information content (AvgIpc) is 2.69. The highest BCUT2D eigenvalue weighted by atomic mass is 35.5. The van der Waals surface area contributed by atoms with Gasteiger partial charge >= 0.3 is 0 Å². The molecule has 136 valence electrons. The maximum Gasteiger partial charge on any atom is 0.0654 e. The van der Waals surface area contributed by atoms with Crippen molar-refractivity contribution in [3.63, 3.8) is 0 Å². The number of benzene rings is 2. The second kappa shape index (κ2) is 9.75. The first-order chi connectivity index (χ1) is 12.8. The summed E-state index contributed by atoms with van der Waals surface area (Å²) >= 11 is 5.97. The van der Waals surface area contributed by atoms with Gasteiger partial charge in [-0.1, -0.05) is 72.3 Å². The first-order valence-corrected chi connectivity index (χ1v) is 9.89. The molecule has 3 rings (SSSR count). The Morgan fingerprint density at radius 3 is 2.12 bits per heavy atom. The number of allylic oxidation sites excluding steroid dienone is 3. The van der Waals surface area contributed by atoms with Gasteiger partial charge in [0.05, 0.1) is 12.7 Å². The predicted molar refractivity (Wildman–Crippen MR) is 112 cm³/mol. The van der Waals surface area contributed by atoms with Crippen LogP contribution in [0.25, 0.3) is 11.1 Å². The summed E-state index contributed by atoms with van der Waals surface area (Å²) < 4.78 is 5.97. The molecule has 1 aliphatic carbocycles. The van der Waals surface area contributed by atoms with E-state index in [1.807, 2.05) is 37.3 Å². The van der Waals surface area contributed by atoms with Crippen molar-refractivity contribution in [3.8, 4) is 11.1 Å². The van der Waals surface area contributed by atoms with Crippen molar-refractivity contribution in [2.45, 2.75) is 44.6 Å². The lowest BCUT2D eigenvalue weighted by molar-refractivity contribution is 0.0422. The molecule has 1 nitrogen and oxygen atoms in total. The molecule has 0 aromatic heterocycles. The zero-order valence-electron chi connectivity index (χ0n) is 15.4. The molecule has 0 N–H and O–H groups in total. The van der Waals surface area contributed by atoms with Crippen molar-refractivity contribution in [3.05, 3.63) is 83.4 Å². The normalized spacial score (nSPS) is 20.8. The van der Waals surface area contributed by atoms with Crippen LogP contribution in [0.3, 0.4) is 0 Å². The molecule has 1 aliphatic rings. The summed E-state index contributed by atoms with van der Waals surface area (Å²) in [4.78, 5) is 0. The number of halogens is 1. The van der Waals surface area contributed by atoms with Gasteiger partial charge in [-0.25, -0.2) is 0 Å². The van der Waals surface area contributed by atoms with E-state index in [0.29, 0.717) is 12.0 Å². The standard InChI is InChI=1S/C24H27ClO/c1-2-3-4-5-18-26-24-16-12-22(13-17-24)20-8-6-19(7-9-20)21-10-14-23(25)15-11-21/h2-11,14-15,22,24H,12-13,16-18H2,1H3/b3-2+,5-4+. The first kappa shape index (κ1) is 18.9. The zero-order valence-corrected chi connectivity index (χ0v) is 16.2. The largest absolute Gasteiger partial charge is 0.374 e. The molecule has 0 unspecified atom stereocenters. The molecule has 1 fully saturated rings. The Hall–Kier alpha value is -1.83. The smallest absolute Gasteiger partial charge is 0.0654 e. The fraction of sp³-hybridized carbons (Fsp3) is 0.333. The molecule has 0 aliphatic heterocycles. The molecule has 0 bridgehead atoms. The van der Waals surface area contributed by atoms with Gasteiger partial charge in [0.2, 0.25) is 0 Å². The third-order valence-electron chi connectivity index (χ3n) is 5.10. The van der Waals surface area contributed by atoms with Gasteiger partial charge in [-0.05, 0) is 67.3 Å². The van der Waals surface area contributed by atoms with Crippen LogP contribution in [0.1, 0.15) is 44.1 Å². The molecule has 0 saturated heterocycles. The molecular weight excluding hydrogens is 340 g/mol. The quantitative estimate of drug-likeness (QED) is 0.492. The van der Waals surface area contributed by atoms with Crippen LogP contribution in [-0.2, 0) is 4.74 Å². The minimum atomic E-state index is 0.412. The van der Waals surface area contributed by atoms with Crippen molar-refractivity contribution in [1.82, 2.24) is 0 Å². The summed E-state index contributed by atoms with van der Waals surface area (Å²) in [6, 6.07) is 17.1. The van der Waals surface area contributed by atoms with Crippen LogP contribution in [-0.4, -0.2) is 12.7 Å².